The normalized spacial score (nSPS) is 18.1. The van der Waals surface area contributed by atoms with E-state index in [-0.39, 0.29) is 16.7 Å². The minimum atomic E-state index is -4.00. The predicted molar refractivity (Wildman–Crippen MR) is 132 cm³/mol. The molecule has 7 nitrogen and oxygen atoms in total. The van der Waals surface area contributed by atoms with Gasteiger partial charge in [0.1, 0.15) is 22.7 Å². The van der Waals surface area contributed by atoms with Crippen LogP contribution in [-0.4, -0.2) is 49.2 Å². The number of hydrogen-bond acceptors (Lipinski definition) is 6. The van der Waals surface area contributed by atoms with Gasteiger partial charge in [0.2, 0.25) is 15.9 Å². The van der Waals surface area contributed by atoms with E-state index < -0.39 is 27.6 Å². The van der Waals surface area contributed by atoms with Crippen molar-refractivity contribution in [2.24, 2.45) is 0 Å². The third-order valence-corrected chi connectivity index (χ3v) is 8.56. The molecule has 1 heterocycles. The van der Waals surface area contributed by atoms with E-state index in [9.17, 15) is 22.0 Å². The maximum atomic E-state index is 13.7. The molecule has 11 heteroatoms. The Morgan fingerprint density at radius 3 is 2.54 bits per heavy atom. The van der Waals surface area contributed by atoms with E-state index in [1.807, 2.05) is 18.7 Å². The van der Waals surface area contributed by atoms with Crippen LogP contribution in [0.15, 0.2) is 58.3 Å². The van der Waals surface area contributed by atoms with Gasteiger partial charge in [-0.05, 0) is 42.5 Å². The highest BCUT2D eigenvalue weighted by Crippen LogP contribution is 2.44. The first-order chi connectivity index (χ1) is 16.6. The number of likely N-dealkylation sites (N-methyl/N-ethyl adjacent to an activating group) is 1. The van der Waals surface area contributed by atoms with E-state index in [0.29, 0.717) is 41.3 Å². The molecule has 0 unspecified atom stereocenters. The van der Waals surface area contributed by atoms with Gasteiger partial charge in [-0.2, -0.15) is 8.70 Å². The molecular weight excluding hydrogens is 498 g/mol. The quantitative estimate of drug-likeness (QED) is 0.261. The number of thioether (sulfide) groups is 1. The molecule has 35 heavy (non-hydrogen) atoms. The van der Waals surface area contributed by atoms with E-state index in [1.54, 1.807) is 18.2 Å². The van der Waals surface area contributed by atoms with Crippen LogP contribution in [0.3, 0.4) is 0 Å². The lowest BCUT2D eigenvalue weighted by atomic mass is 10.1. The van der Waals surface area contributed by atoms with Crippen molar-refractivity contribution in [3.8, 4) is 5.75 Å². The van der Waals surface area contributed by atoms with Gasteiger partial charge in [0.05, 0.1) is 10.6 Å². The summed E-state index contributed by atoms with van der Waals surface area (Å²) in [6.45, 7) is 4.26. The van der Waals surface area contributed by atoms with Crippen LogP contribution < -0.4 is 9.64 Å². The molecule has 1 aliphatic rings. The topological polar surface area (TPSA) is 87.1 Å². The molecule has 0 bridgehead atoms. The lowest BCUT2D eigenvalue weighted by molar-refractivity contribution is -0.134. The molecule has 0 saturated carbocycles. The first-order valence-corrected chi connectivity index (χ1v) is 13.6. The fraction of sp³-hybridized carbons (Fsp3) is 0.375. The van der Waals surface area contributed by atoms with Crippen LogP contribution in [0, 0.1) is 5.82 Å². The number of aliphatic carboxylic acids is 1. The van der Waals surface area contributed by atoms with Crippen molar-refractivity contribution < 1.29 is 31.8 Å². The number of ether oxygens (including phenoxy) is 1. The van der Waals surface area contributed by atoms with Crippen molar-refractivity contribution in [3.05, 3.63) is 54.3 Å². The maximum Gasteiger partial charge on any atom is 0.368 e. The zero-order valence-corrected chi connectivity index (χ0v) is 21.3. The molecule has 0 aromatic heterocycles. The second kappa shape index (κ2) is 11.4. The smallest absolute Gasteiger partial charge is 0.368 e. The highest BCUT2D eigenvalue weighted by atomic mass is 32.2. The Morgan fingerprint density at radius 2 is 1.94 bits per heavy atom. The third-order valence-electron chi connectivity index (χ3n) is 5.70. The summed E-state index contributed by atoms with van der Waals surface area (Å²) in [4.78, 5) is 13.1. The molecule has 1 N–H and O–H groups in total. The lowest BCUT2D eigenvalue weighted by Crippen LogP contribution is -2.40. The number of halogens is 2. The number of nitrogens with zero attached hydrogens (tertiary/aromatic N) is 2. The Hall–Kier alpha value is -2.63. The van der Waals surface area contributed by atoms with Gasteiger partial charge in [0.25, 0.3) is 0 Å². The summed E-state index contributed by atoms with van der Waals surface area (Å²) in [7, 11) is -2.48. The van der Waals surface area contributed by atoms with Gasteiger partial charge in [-0.25, -0.2) is 17.6 Å². The monoisotopic (exact) mass is 526 g/mol. The largest absolute Gasteiger partial charge is 0.476 e. The molecule has 0 amide bonds. The van der Waals surface area contributed by atoms with Crippen LogP contribution in [0.5, 0.6) is 5.75 Å². The van der Waals surface area contributed by atoms with E-state index in [2.05, 4.69) is 0 Å². The molecule has 0 radical (unpaired) electrons. The minimum Gasteiger partial charge on any atom is -0.476 e. The Balaban J connectivity index is 2.24. The molecule has 190 valence electrons. The molecule has 1 atom stereocenters. The number of benzene rings is 2. The molecule has 1 aliphatic heterocycles. The fourth-order valence-corrected chi connectivity index (χ4v) is 6.15. The molecule has 2 aromatic rings. The number of unbranched alkanes of at least 4 members (excludes halogenated alkanes) is 1. The van der Waals surface area contributed by atoms with Crippen LogP contribution in [0.25, 0.3) is 0 Å². The summed E-state index contributed by atoms with van der Waals surface area (Å²) >= 11 is 1.34. The van der Waals surface area contributed by atoms with Gasteiger partial charge in [0.15, 0.2) is 0 Å². The summed E-state index contributed by atoms with van der Waals surface area (Å²) in [5.74, 6) is -3.09. The average molecular weight is 527 g/mol. The molecule has 0 aliphatic carbocycles. The number of carboxylic acids is 1. The Bertz CT molecular complexity index is 1200. The number of hydrogen-bond donors (Lipinski definition) is 1. The summed E-state index contributed by atoms with van der Waals surface area (Å²) in [5, 5.41) is 8.80. The van der Waals surface area contributed by atoms with E-state index in [4.69, 9.17) is 9.84 Å². The highest BCUT2D eigenvalue weighted by Gasteiger charge is 2.37. The van der Waals surface area contributed by atoms with Crippen LogP contribution in [0.4, 0.5) is 20.2 Å². The number of carboxylic acid groups (broad SMARTS) is 1. The molecule has 0 spiro atoms. The fourth-order valence-electron chi connectivity index (χ4n) is 3.83. The second-order valence-corrected chi connectivity index (χ2v) is 11.3. The van der Waals surface area contributed by atoms with E-state index in [0.717, 1.165) is 12.8 Å². The van der Waals surface area contributed by atoms with Gasteiger partial charge >= 0.3 is 5.97 Å². The van der Waals surface area contributed by atoms with E-state index >= 15 is 0 Å². The predicted octanol–water partition coefficient (Wildman–Crippen LogP) is 5.54. The van der Waals surface area contributed by atoms with Gasteiger partial charge in [0, 0.05) is 31.4 Å². The third kappa shape index (κ3) is 5.96. The number of sulfonamides is 1. The van der Waals surface area contributed by atoms with Crippen LogP contribution in [0.2, 0.25) is 0 Å². The lowest BCUT2D eigenvalue weighted by Gasteiger charge is -2.29. The van der Waals surface area contributed by atoms with Crippen molar-refractivity contribution in [2.45, 2.75) is 48.9 Å². The molecule has 3 rings (SSSR count). The summed E-state index contributed by atoms with van der Waals surface area (Å²) in [5.41, 5.74) is 1.01. The highest BCUT2D eigenvalue weighted by molar-refractivity contribution is 7.99. The van der Waals surface area contributed by atoms with Crippen LogP contribution >= 0.6 is 11.8 Å². The Kier molecular flexibility index (Phi) is 8.79. The van der Waals surface area contributed by atoms with Crippen LogP contribution in [0.1, 0.15) is 33.1 Å². The Labute approximate surface area is 208 Å². The molecule has 0 fully saturated rings. The second-order valence-electron chi connectivity index (χ2n) is 7.99. The van der Waals surface area contributed by atoms with E-state index in [1.165, 1.54) is 41.3 Å². The molecular formula is C24H28F2N2O5S2. The van der Waals surface area contributed by atoms with Crippen molar-refractivity contribution in [2.75, 3.05) is 24.2 Å². The summed E-state index contributed by atoms with van der Waals surface area (Å²) in [6, 6.07) is 8.40. The molecule has 2 aromatic carbocycles. The standard InChI is InChI=1S/C24H28F2N2O5S2/c1-4-6-7-18-14-28(17-10-8-16(25)9-11-17)20-12-22(34-5-2)21(33-15-19(26)24(29)30)13-23(20)35(31,32)27(18)3/h8-13,15,18H,4-7,14H2,1-3H3,(H,29,30)/b19-15-/t18-/m0/s1. The average Bonchev–Trinajstić information content (AvgIpc) is 2.90. The zero-order chi connectivity index (χ0) is 25.8. The number of carbonyl (C=O) groups is 1. The zero-order valence-electron chi connectivity index (χ0n) is 19.7. The van der Waals surface area contributed by atoms with Crippen molar-refractivity contribution in [1.29, 1.82) is 0 Å². The minimum absolute atomic E-state index is 0.0232. The van der Waals surface area contributed by atoms with Gasteiger partial charge in [-0.1, -0.05) is 26.7 Å². The number of rotatable bonds is 9. The summed E-state index contributed by atoms with van der Waals surface area (Å²) < 4.78 is 61.3. The first kappa shape index (κ1) is 27.0. The Morgan fingerprint density at radius 1 is 1.26 bits per heavy atom. The number of anilines is 2. The molecule has 0 saturated heterocycles. The number of fused-ring (bicyclic) bond motifs is 1. The SMILES string of the molecule is CCCC[C@H]1CN(c2ccc(F)cc2)c2cc(SCC)c(O/C=C(\F)C(=O)O)cc2S(=O)(=O)N1C. The van der Waals surface area contributed by atoms with Gasteiger partial charge in [-0.3, -0.25) is 0 Å². The summed E-state index contributed by atoms with van der Waals surface area (Å²) in [6.07, 6.45) is 2.79. The maximum absolute atomic E-state index is 13.7. The van der Waals surface area contributed by atoms with Crippen LogP contribution in [-0.2, 0) is 14.8 Å². The first-order valence-electron chi connectivity index (χ1n) is 11.2. The van der Waals surface area contributed by atoms with Crippen molar-refractivity contribution in [3.63, 3.8) is 0 Å². The van der Waals surface area contributed by atoms with Crippen molar-refractivity contribution in [1.82, 2.24) is 4.31 Å². The van der Waals surface area contributed by atoms with Gasteiger partial charge < -0.3 is 14.7 Å². The van der Waals surface area contributed by atoms with Crippen molar-refractivity contribution >= 4 is 39.1 Å². The van der Waals surface area contributed by atoms with Gasteiger partial charge in [-0.15, -0.1) is 11.8 Å².